The van der Waals surface area contributed by atoms with Gasteiger partial charge in [-0.15, -0.1) is 0 Å². The second-order valence-electron chi connectivity index (χ2n) is 4.07. The van der Waals surface area contributed by atoms with Gasteiger partial charge in [0.05, 0.1) is 11.8 Å². The summed E-state index contributed by atoms with van der Waals surface area (Å²) in [7, 11) is 0. The van der Waals surface area contributed by atoms with Gasteiger partial charge < -0.3 is 5.21 Å². The van der Waals surface area contributed by atoms with Gasteiger partial charge in [-0.25, -0.2) is 9.52 Å². The van der Waals surface area contributed by atoms with Crippen LogP contribution in [-0.2, 0) is 6.18 Å². The molecule has 21 heavy (non-hydrogen) atoms. The van der Waals surface area contributed by atoms with E-state index >= 15 is 0 Å². The average molecular weight is 297 g/mol. The van der Waals surface area contributed by atoms with Crippen molar-refractivity contribution in [2.75, 3.05) is 10.6 Å². The number of hydrogen-bond donors (Lipinski definition) is 2. The molecule has 0 aliphatic rings. The lowest BCUT2D eigenvalue weighted by Gasteiger charge is -2.10. The van der Waals surface area contributed by atoms with Crippen LogP contribution in [-0.4, -0.2) is 6.03 Å². The average Bonchev–Trinajstić information content (AvgIpc) is 2.41. The maximum absolute atomic E-state index is 12.5. The number of nitrogens with zero attached hydrogens (tertiary/aromatic N) is 1. The zero-order chi connectivity index (χ0) is 15.5. The summed E-state index contributed by atoms with van der Waals surface area (Å²) in [5, 5.41) is 15.8. The smallest absolute Gasteiger partial charge is 0.416 e. The molecule has 1 aromatic carbocycles. The Balaban J connectivity index is 2.08. The molecule has 0 bridgehead atoms. The lowest BCUT2D eigenvalue weighted by atomic mass is 10.2. The highest BCUT2D eigenvalue weighted by Crippen LogP contribution is 2.30. The summed E-state index contributed by atoms with van der Waals surface area (Å²) >= 11 is 0. The maximum Gasteiger partial charge on any atom is 0.416 e. The van der Waals surface area contributed by atoms with E-state index in [4.69, 9.17) is 0 Å². The molecule has 0 saturated carbocycles. The number of halogens is 3. The van der Waals surface area contributed by atoms with Crippen LogP contribution in [0.1, 0.15) is 5.56 Å². The van der Waals surface area contributed by atoms with E-state index < -0.39 is 17.8 Å². The Labute approximate surface area is 117 Å². The van der Waals surface area contributed by atoms with Gasteiger partial charge in [0.2, 0.25) is 0 Å². The molecule has 0 fully saturated rings. The van der Waals surface area contributed by atoms with Crippen LogP contribution in [0, 0.1) is 5.21 Å². The van der Waals surface area contributed by atoms with Crippen LogP contribution < -0.4 is 15.4 Å². The van der Waals surface area contributed by atoms with E-state index in [1.165, 1.54) is 36.5 Å². The van der Waals surface area contributed by atoms with E-state index in [0.29, 0.717) is 4.73 Å². The van der Waals surface area contributed by atoms with Gasteiger partial charge in [0.1, 0.15) is 0 Å². The molecule has 0 saturated heterocycles. The first-order chi connectivity index (χ1) is 9.86. The number of nitrogens with one attached hydrogen (secondary N) is 2. The highest BCUT2D eigenvalue weighted by molar-refractivity contribution is 5.98. The van der Waals surface area contributed by atoms with Crippen molar-refractivity contribution in [1.82, 2.24) is 0 Å². The molecule has 1 heterocycles. The van der Waals surface area contributed by atoms with Crippen molar-refractivity contribution < 1.29 is 22.7 Å². The molecule has 0 aliphatic heterocycles. The summed E-state index contributed by atoms with van der Waals surface area (Å²) < 4.78 is 38.0. The van der Waals surface area contributed by atoms with Gasteiger partial charge in [0.15, 0.2) is 0 Å². The molecule has 8 heteroatoms. The highest BCUT2D eigenvalue weighted by Gasteiger charge is 2.30. The summed E-state index contributed by atoms with van der Waals surface area (Å²) in [4.78, 5) is 11.6. The van der Waals surface area contributed by atoms with Gasteiger partial charge in [-0.05, 0) is 24.3 Å². The summed E-state index contributed by atoms with van der Waals surface area (Å²) in [5.41, 5.74) is -0.908. The van der Waals surface area contributed by atoms with Crippen molar-refractivity contribution in [2.24, 2.45) is 0 Å². The third-order valence-corrected chi connectivity index (χ3v) is 2.51. The fourth-order valence-electron chi connectivity index (χ4n) is 1.58. The molecule has 0 unspecified atom stereocenters. The first kappa shape index (κ1) is 14.6. The van der Waals surface area contributed by atoms with Crippen LogP contribution in [0.15, 0.2) is 48.7 Å². The lowest BCUT2D eigenvalue weighted by molar-refractivity contribution is -0.590. The number of urea groups is 1. The van der Waals surface area contributed by atoms with E-state index in [9.17, 15) is 23.2 Å². The first-order valence-electron chi connectivity index (χ1n) is 5.80. The van der Waals surface area contributed by atoms with Crippen molar-refractivity contribution in [1.29, 1.82) is 0 Å². The maximum atomic E-state index is 12.5. The quantitative estimate of drug-likeness (QED) is 0.661. The molecule has 2 rings (SSSR count). The normalized spacial score (nSPS) is 11.0. The number of aromatic nitrogens is 1. The monoisotopic (exact) mass is 297 g/mol. The van der Waals surface area contributed by atoms with E-state index in [2.05, 4.69) is 10.6 Å². The first-order valence-corrected chi connectivity index (χ1v) is 5.80. The zero-order valence-electron chi connectivity index (χ0n) is 10.5. The minimum absolute atomic E-state index is 0.0318. The molecule has 1 aromatic heterocycles. The zero-order valence-corrected chi connectivity index (χ0v) is 10.5. The summed E-state index contributed by atoms with van der Waals surface area (Å²) in [6, 6.07) is 7.74. The molecular formula is C13H10F3N3O2. The number of anilines is 2. The Bertz CT molecular complexity index is 659. The largest absolute Gasteiger partial charge is 0.711 e. The predicted molar refractivity (Wildman–Crippen MR) is 69.5 cm³/mol. The third kappa shape index (κ3) is 3.85. The van der Waals surface area contributed by atoms with Crippen molar-refractivity contribution in [3.05, 3.63) is 59.4 Å². The van der Waals surface area contributed by atoms with E-state index in [1.807, 2.05) is 0 Å². The van der Waals surface area contributed by atoms with Crippen LogP contribution >= 0.6 is 0 Å². The predicted octanol–water partition coefficient (Wildman–Crippen LogP) is 2.98. The number of alkyl halides is 3. The van der Waals surface area contributed by atoms with Gasteiger partial charge in [0.25, 0.3) is 5.82 Å². The Morgan fingerprint density at radius 3 is 2.52 bits per heavy atom. The molecule has 0 spiro atoms. The molecule has 0 radical (unpaired) electrons. The second-order valence-corrected chi connectivity index (χ2v) is 4.07. The number of amides is 2. The summed E-state index contributed by atoms with van der Waals surface area (Å²) in [6.45, 7) is 0. The Hall–Kier alpha value is -2.77. The Morgan fingerprint density at radius 2 is 1.86 bits per heavy atom. The fourth-order valence-corrected chi connectivity index (χ4v) is 1.58. The number of hydrogen-bond acceptors (Lipinski definition) is 2. The molecule has 0 aliphatic carbocycles. The molecular weight excluding hydrogens is 287 g/mol. The van der Waals surface area contributed by atoms with E-state index in [1.54, 1.807) is 0 Å². The van der Waals surface area contributed by atoms with Crippen LogP contribution in [0.3, 0.4) is 0 Å². The SMILES string of the molecule is O=C(Nc1cccc(C(F)(F)F)c1)Nc1cccc[n+]1[O-]. The Morgan fingerprint density at radius 1 is 1.10 bits per heavy atom. The minimum Gasteiger partial charge on any atom is -0.711 e. The standard InChI is InChI=1S/C13H10F3N3O2/c14-13(15,16)9-4-3-5-10(8-9)17-12(20)18-11-6-1-2-7-19(11)21/h1-8H,(H2,17,18,20). The van der Waals surface area contributed by atoms with Gasteiger partial charge in [-0.1, -0.05) is 12.1 Å². The van der Waals surface area contributed by atoms with Crippen molar-refractivity contribution in [3.8, 4) is 0 Å². The topological polar surface area (TPSA) is 68.1 Å². The van der Waals surface area contributed by atoms with Crippen LogP contribution in [0.2, 0.25) is 0 Å². The highest BCUT2D eigenvalue weighted by atomic mass is 19.4. The summed E-state index contributed by atoms with van der Waals surface area (Å²) in [5.74, 6) is -0.0398. The van der Waals surface area contributed by atoms with Gasteiger partial charge in [-0.3, -0.25) is 5.32 Å². The number of carbonyl (C=O) groups is 1. The van der Waals surface area contributed by atoms with Crippen LogP contribution in [0.5, 0.6) is 0 Å². The molecule has 0 atom stereocenters. The van der Waals surface area contributed by atoms with Crippen molar-refractivity contribution >= 4 is 17.5 Å². The lowest BCUT2D eigenvalue weighted by Crippen LogP contribution is -2.33. The molecule has 2 N–H and O–H groups in total. The molecule has 110 valence electrons. The molecule has 2 amide bonds. The fraction of sp³-hybridized carbons (Fsp3) is 0.0769. The van der Waals surface area contributed by atoms with Crippen LogP contribution in [0.4, 0.5) is 29.5 Å². The minimum atomic E-state index is -4.49. The number of rotatable bonds is 2. The third-order valence-electron chi connectivity index (χ3n) is 2.51. The van der Waals surface area contributed by atoms with Crippen molar-refractivity contribution in [2.45, 2.75) is 6.18 Å². The second kappa shape index (κ2) is 5.70. The number of benzene rings is 1. The van der Waals surface area contributed by atoms with Crippen molar-refractivity contribution in [3.63, 3.8) is 0 Å². The number of carbonyl (C=O) groups excluding carboxylic acids is 1. The van der Waals surface area contributed by atoms with Gasteiger partial charge >= 0.3 is 12.2 Å². The van der Waals surface area contributed by atoms with Gasteiger partial charge in [0, 0.05) is 11.8 Å². The van der Waals surface area contributed by atoms with Crippen LogP contribution in [0.25, 0.3) is 0 Å². The Kier molecular flexibility index (Phi) is 3.97. The van der Waals surface area contributed by atoms with Gasteiger partial charge in [-0.2, -0.15) is 18.5 Å². The summed E-state index contributed by atoms with van der Waals surface area (Å²) in [6.07, 6.45) is -3.31. The molecule has 2 aromatic rings. The number of pyridine rings is 1. The van der Waals surface area contributed by atoms with E-state index in [0.717, 1.165) is 12.1 Å². The van der Waals surface area contributed by atoms with E-state index in [-0.39, 0.29) is 11.5 Å². The molecule has 5 nitrogen and oxygen atoms in total.